The Morgan fingerprint density at radius 2 is 1.91 bits per heavy atom. The first-order valence-electron chi connectivity index (χ1n) is 8.48. The van der Waals surface area contributed by atoms with Gasteiger partial charge < -0.3 is 20.6 Å². The summed E-state index contributed by atoms with van der Waals surface area (Å²) in [7, 11) is 0. The number of aryl methyl sites for hydroxylation is 1. The normalized spacial score (nSPS) is 21.7. The Balaban J connectivity index is 1.40. The Morgan fingerprint density at radius 1 is 1.22 bits per heavy atom. The molecule has 2 aliphatic rings. The van der Waals surface area contributed by atoms with Crippen molar-refractivity contribution >= 4 is 11.9 Å². The van der Waals surface area contributed by atoms with E-state index in [9.17, 15) is 9.90 Å². The van der Waals surface area contributed by atoms with Crippen LogP contribution in [0.5, 0.6) is 0 Å². The van der Waals surface area contributed by atoms with Gasteiger partial charge >= 0.3 is 0 Å². The average molecular weight is 322 g/mol. The third-order valence-corrected chi connectivity index (χ3v) is 4.96. The molecule has 2 fully saturated rings. The number of nitrogens with two attached hydrogens (primary N) is 1. The molecular formula is C15H26N6O2. The molecule has 8 nitrogen and oxygen atoms in total. The van der Waals surface area contributed by atoms with Crippen molar-refractivity contribution in [3.63, 3.8) is 0 Å². The maximum absolute atomic E-state index is 12.3. The molecule has 0 radical (unpaired) electrons. The van der Waals surface area contributed by atoms with Crippen molar-refractivity contribution in [3.8, 4) is 0 Å². The number of hydrogen-bond acceptors (Lipinski definition) is 6. The van der Waals surface area contributed by atoms with Gasteiger partial charge in [-0.25, -0.2) is 0 Å². The molecule has 2 saturated heterocycles. The third-order valence-electron chi connectivity index (χ3n) is 4.96. The highest BCUT2D eigenvalue weighted by molar-refractivity contribution is 5.76. The highest BCUT2D eigenvalue weighted by Gasteiger charge is 2.29. The van der Waals surface area contributed by atoms with Crippen molar-refractivity contribution in [2.45, 2.75) is 50.7 Å². The van der Waals surface area contributed by atoms with Crippen LogP contribution in [0.1, 0.15) is 37.9 Å². The fourth-order valence-electron chi connectivity index (χ4n) is 3.54. The quantitative estimate of drug-likeness (QED) is 0.706. The van der Waals surface area contributed by atoms with E-state index >= 15 is 0 Å². The highest BCUT2D eigenvalue weighted by Crippen LogP contribution is 2.21. The van der Waals surface area contributed by atoms with E-state index < -0.39 is 0 Å². The molecule has 0 bridgehead atoms. The number of nitrogen functional groups attached to an aromatic ring is 1. The molecule has 0 spiro atoms. The van der Waals surface area contributed by atoms with Gasteiger partial charge in [-0.05, 0) is 25.7 Å². The summed E-state index contributed by atoms with van der Waals surface area (Å²) in [5.74, 6) is 1.06. The number of H-pyrrole nitrogens is 1. The lowest BCUT2D eigenvalue weighted by atomic mass is 9.98. The first kappa shape index (κ1) is 16.2. The SMILES string of the molecule is Nc1n[nH]c(CCC(=O)N2CCC(N3CCC(O)CC3)CC2)n1. The zero-order valence-corrected chi connectivity index (χ0v) is 13.4. The van der Waals surface area contributed by atoms with Crippen molar-refractivity contribution in [3.05, 3.63) is 5.82 Å². The molecular weight excluding hydrogens is 296 g/mol. The Hall–Kier alpha value is -1.67. The van der Waals surface area contributed by atoms with Gasteiger partial charge in [0.1, 0.15) is 5.82 Å². The van der Waals surface area contributed by atoms with Gasteiger partial charge in [-0.15, -0.1) is 5.10 Å². The highest BCUT2D eigenvalue weighted by atomic mass is 16.3. The molecule has 1 aromatic heterocycles. The summed E-state index contributed by atoms with van der Waals surface area (Å²) < 4.78 is 0. The summed E-state index contributed by atoms with van der Waals surface area (Å²) >= 11 is 0. The molecule has 3 rings (SSSR count). The summed E-state index contributed by atoms with van der Waals surface area (Å²) in [4.78, 5) is 20.7. The number of nitrogens with zero attached hydrogens (tertiary/aromatic N) is 4. The lowest BCUT2D eigenvalue weighted by Crippen LogP contribution is -2.49. The number of anilines is 1. The predicted octanol–water partition coefficient (Wildman–Crippen LogP) is -0.233. The largest absolute Gasteiger partial charge is 0.393 e. The van der Waals surface area contributed by atoms with E-state index in [2.05, 4.69) is 20.1 Å². The third kappa shape index (κ3) is 4.20. The van der Waals surface area contributed by atoms with Crippen molar-refractivity contribution in [2.75, 3.05) is 31.9 Å². The number of piperidine rings is 2. The van der Waals surface area contributed by atoms with Crippen molar-refractivity contribution in [2.24, 2.45) is 0 Å². The van der Waals surface area contributed by atoms with Gasteiger partial charge in [0.2, 0.25) is 11.9 Å². The number of rotatable bonds is 4. The molecule has 0 atom stereocenters. The first-order valence-corrected chi connectivity index (χ1v) is 8.48. The number of hydrogen-bond donors (Lipinski definition) is 3. The summed E-state index contributed by atoms with van der Waals surface area (Å²) in [5, 5.41) is 16.1. The molecule has 0 saturated carbocycles. The van der Waals surface area contributed by atoms with E-state index in [1.54, 1.807) is 0 Å². The summed E-state index contributed by atoms with van der Waals surface area (Å²) in [6.07, 6.45) is 4.66. The van der Waals surface area contributed by atoms with Gasteiger partial charge in [-0.3, -0.25) is 9.89 Å². The van der Waals surface area contributed by atoms with Gasteiger partial charge in [0, 0.05) is 45.1 Å². The van der Waals surface area contributed by atoms with Gasteiger partial charge in [0.05, 0.1) is 6.10 Å². The number of amides is 1. The topological polar surface area (TPSA) is 111 Å². The van der Waals surface area contributed by atoms with Gasteiger partial charge in [0.15, 0.2) is 0 Å². The molecule has 4 N–H and O–H groups in total. The second kappa shape index (κ2) is 7.27. The monoisotopic (exact) mass is 322 g/mol. The van der Waals surface area contributed by atoms with E-state index in [0.717, 1.165) is 51.9 Å². The van der Waals surface area contributed by atoms with E-state index in [-0.39, 0.29) is 18.0 Å². The molecule has 2 aliphatic heterocycles. The zero-order chi connectivity index (χ0) is 16.2. The van der Waals surface area contributed by atoms with E-state index in [4.69, 9.17) is 5.73 Å². The van der Waals surface area contributed by atoms with Crippen LogP contribution in [0.25, 0.3) is 0 Å². The van der Waals surface area contributed by atoms with Crippen LogP contribution < -0.4 is 5.73 Å². The molecule has 1 aromatic rings. The minimum Gasteiger partial charge on any atom is -0.393 e. The molecule has 128 valence electrons. The number of likely N-dealkylation sites (tertiary alicyclic amines) is 2. The number of nitrogens with one attached hydrogen (secondary N) is 1. The van der Waals surface area contributed by atoms with Crippen molar-refractivity contribution in [1.29, 1.82) is 0 Å². The predicted molar refractivity (Wildman–Crippen MR) is 85.5 cm³/mol. The van der Waals surface area contributed by atoms with Crippen LogP contribution >= 0.6 is 0 Å². The molecule has 0 aliphatic carbocycles. The lowest BCUT2D eigenvalue weighted by molar-refractivity contribution is -0.132. The Kier molecular flexibility index (Phi) is 5.12. The van der Waals surface area contributed by atoms with Gasteiger partial charge in [-0.2, -0.15) is 4.98 Å². The Morgan fingerprint density at radius 3 is 2.52 bits per heavy atom. The van der Waals surface area contributed by atoms with Crippen LogP contribution in [-0.4, -0.2) is 74.3 Å². The van der Waals surface area contributed by atoms with E-state index in [0.29, 0.717) is 24.7 Å². The molecule has 0 aromatic carbocycles. The zero-order valence-electron chi connectivity index (χ0n) is 13.4. The average Bonchev–Trinajstić information content (AvgIpc) is 2.99. The molecule has 0 unspecified atom stereocenters. The molecule has 8 heteroatoms. The maximum Gasteiger partial charge on any atom is 0.239 e. The summed E-state index contributed by atoms with van der Waals surface area (Å²) in [5.41, 5.74) is 5.45. The minimum atomic E-state index is -0.127. The van der Waals surface area contributed by atoms with Gasteiger partial charge in [-0.1, -0.05) is 0 Å². The number of carbonyl (C=O) groups is 1. The number of aliphatic hydroxyl groups is 1. The summed E-state index contributed by atoms with van der Waals surface area (Å²) in [6, 6.07) is 0.556. The number of aromatic nitrogens is 3. The van der Waals surface area contributed by atoms with Crippen LogP contribution in [0.3, 0.4) is 0 Å². The number of aromatic amines is 1. The minimum absolute atomic E-state index is 0.127. The van der Waals surface area contributed by atoms with E-state index in [1.165, 1.54) is 0 Å². The number of carbonyl (C=O) groups excluding carboxylic acids is 1. The smallest absolute Gasteiger partial charge is 0.239 e. The fourth-order valence-corrected chi connectivity index (χ4v) is 3.54. The second-order valence-corrected chi connectivity index (χ2v) is 6.52. The Labute approximate surface area is 136 Å². The molecule has 1 amide bonds. The Bertz CT molecular complexity index is 518. The molecule has 23 heavy (non-hydrogen) atoms. The van der Waals surface area contributed by atoms with Crippen molar-refractivity contribution < 1.29 is 9.90 Å². The van der Waals surface area contributed by atoms with Crippen molar-refractivity contribution in [1.82, 2.24) is 25.0 Å². The van der Waals surface area contributed by atoms with Crippen LogP contribution in [0.4, 0.5) is 5.95 Å². The summed E-state index contributed by atoms with van der Waals surface area (Å²) in [6.45, 7) is 3.60. The van der Waals surface area contributed by atoms with Gasteiger partial charge in [0.25, 0.3) is 0 Å². The van der Waals surface area contributed by atoms with Crippen LogP contribution in [0, 0.1) is 0 Å². The second-order valence-electron chi connectivity index (χ2n) is 6.52. The fraction of sp³-hybridized carbons (Fsp3) is 0.800. The van der Waals surface area contributed by atoms with Crippen LogP contribution in [-0.2, 0) is 11.2 Å². The lowest BCUT2D eigenvalue weighted by Gasteiger charge is -2.41. The standard InChI is InChI=1S/C15H26N6O2/c16-15-17-13(18-19-15)1-2-14(23)21-7-3-11(4-8-21)20-9-5-12(22)6-10-20/h11-12,22H,1-10H2,(H3,16,17,18,19). The van der Waals surface area contributed by atoms with E-state index in [1.807, 2.05) is 4.90 Å². The van der Waals surface area contributed by atoms with Crippen LogP contribution in [0.2, 0.25) is 0 Å². The first-order chi connectivity index (χ1) is 11.1. The van der Waals surface area contributed by atoms with Crippen LogP contribution in [0.15, 0.2) is 0 Å². The molecule has 3 heterocycles. The maximum atomic E-state index is 12.3. The number of aliphatic hydroxyl groups excluding tert-OH is 1.